The number of benzene rings is 2. The van der Waals surface area contributed by atoms with Crippen LogP contribution in [-0.4, -0.2) is 14.2 Å². The third kappa shape index (κ3) is 2.44. The highest BCUT2D eigenvalue weighted by Crippen LogP contribution is 2.47. The predicted molar refractivity (Wildman–Crippen MR) is 99.6 cm³/mol. The quantitative estimate of drug-likeness (QED) is 0.596. The third-order valence-corrected chi connectivity index (χ3v) is 5.05. The molecule has 0 saturated carbocycles. The molecule has 3 aromatic rings. The molecule has 0 radical (unpaired) electrons. The summed E-state index contributed by atoms with van der Waals surface area (Å²) >= 11 is 3.53. The van der Waals surface area contributed by atoms with Crippen LogP contribution < -0.4 is 14.2 Å². The Hall–Kier alpha value is -2.91. The van der Waals surface area contributed by atoms with Crippen molar-refractivity contribution in [2.45, 2.75) is 5.92 Å². The molecule has 0 saturated heterocycles. The van der Waals surface area contributed by atoms with Gasteiger partial charge >= 0.3 is 0 Å². The van der Waals surface area contributed by atoms with Gasteiger partial charge in [-0.2, -0.15) is 5.26 Å². The van der Waals surface area contributed by atoms with Crippen molar-refractivity contribution in [2.24, 2.45) is 0 Å². The molecule has 4 rings (SSSR count). The molecule has 130 valence electrons. The fraction of sp³-hybridized carbons (Fsp3) is 0.150. The van der Waals surface area contributed by atoms with E-state index in [4.69, 9.17) is 18.6 Å². The number of rotatable bonds is 3. The van der Waals surface area contributed by atoms with Gasteiger partial charge in [0, 0.05) is 5.56 Å². The topological polar surface area (TPSA) is 64.6 Å². The molecule has 26 heavy (non-hydrogen) atoms. The molecule has 1 atom stereocenters. The van der Waals surface area contributed by atoms with E-state index in [1.165, 1.54) is 6.26 Å². The van der Waals surface area contributed by atoms with E-state index in [0.29, 0.717) is 22.8 Å². The maximum Gasteiger partial charge on any atom is 0.174 e. The normalized spacial score (nSPS) is 15.6. The van der Waals surface area contributed by atoms with Gasteiger partial charge < -0.3 is 18.6 Å². The van der Waals surface area contributed by atoms with Crippen LogP contribution >= 0.6 is 15.9 Å². The van der Waals surface area contributed by atoms with E-state index in [0.717, 1.165) is 26.6 Å². The Balaban J connectivity index is 1.95. The molecule has 0 fully saturated rings. The standard InChI is InChI=1S/C20H14BrNO4/c1-23-17-8-11(7-15(21)20(17)24-2)18-12(9-22)10-26-19-13-5-6-25-16(13)4-3-14(18)19/h3-8,10,18H,1-2H3. The maximum absolute atomic E-state index is 9.63. The van der Waals surface area contributed by atoms with Gasteiger partial charge in [-0.3, -0.25) is 0 Å². The van der Waals surface area contributed by atoms with Crippen molar-refractivity contribution in [3.8, 4) is 23.3 Å². The van der Waals surface area contributed by atoms with Crippen LogP contribution in [0.5, 0.6) is 17.2 Å². The molecule has 1 unspecified atom stereocenters. The van der Waals surface area contributed by atoms with Crippen molar-refractivity contribution in [1.82, 2.24) is 0 Å². The maximum atomic E-state index is 9.63. The van der Waals surface area contributed by atoms with E-state index >= 15 is 0 Å². The number of furan rings is 1. The van der Waals surface area contributed by atoms with Crippen LogP contribution in [0.25, 0.3) is 11.0 Å². The highest BCUT2D eigenvalue weighted by atomic mass is 79.9. The first kappa shape index (κ1) is 16.6. The summed E-state index contributed by atoms with van der Waals surface area (Å²) in [6.07, 6.45) is 3.13. The van der Waals surface area contributed by atoms with E-state index in [9.17, 15) is 5.26 Å². The lowest BCUT2D eigenvalue weighted by atomic mass is 9.83. The van der Waals surface area contributed by atoms with Crippen molar-refractivity contribution in [3.05, 3.63) is 64.0 Å². The van der Waals surface area contributed by atoms with Gasteiger partial charge in [0.05, 0.1) is 47.9 Å². The van der Waals surface area contributed by atoms with Crippen LogP contribution in [0.15, 0.2) is 57.3 Å². The molecule has 1 aliphatic heterocycles. The minimum absolute atomic E-state index is 0.279. The molecular formula is C20H14BrNO4. The molecule has 0 amide bonds. The van der Waals surface area contributed by atoms with Crippen molar-refractivity contribution in [2.75, 3.05) is 14.2 Å². The van der Waals surface area contributed by atoms with Crippen LogP contribution in [0.4, 0.5) is 0 Å². The summed E-state index contributed by atoms with van der Waals surface area (Å²) < 4.78 is 22.8. The van der Waals surface area contributed by atoms with E-state index in [-0.39, 0.29) is 5.92 Å². The van der Waals surface area contributed by atoms with Gasteiger partial charge in [-0.15, -0.1) is 0 Å². The second-order valence-corrected chi connectivity index (χ2v) is 6.64. The number of ether oxygens (including phenoxy) is 3. The zero-order valence-corrected chi connectivity index (χ0v) is 15.7. The van der Waals surface area contributed by atoms with Crippen LogP contribution in [-0.2, 0) is 0 Å². The van der Waals surface area contributed by atoms with Crippen LogP contribution in [0.1, 0.15) is 17.0 Å². The number of allylic oxidation sites excluding steroid dienone is 1. The Bertz CT molecular complexity index is 1080. The first-order valence-corrected chi connectivity index (χ1v) is 8.65. The van der Waals surface area contributed by atoms with E-state index in [1.54, 1.807) is 20.5 Å². The zero-order valence-electron chi connectivity index (χ0n) is 14.1. The number of nitrogens with zero attached hydrogens (tertiary/aromatic N) is 1. The summed E-state index contributed by atoms with van der Waals surface area (Å²) in [4.78, 5) is 0. The van der Waals surface area contributed by atoms with Gasteiger partial charge in [-0.1, -0.05) is 6.07 Å². The molecule has 0 N–H and O–H groups in total. The highest BCUT2D eigenvalue weighted by Gasteiger charge is 2.30. The van der Waals surface area contributed by atoms with Gasteiger partial charge in [-0.05, 0) is 45.8 Å². The average Bonchev–Trinajstić information content (AvgIpc) is 3.15. The summed E-state index contributed by atoms with van der Waals surface area (Å²) in [5.74, 6) is 1.62. The molecular weight excluding hydrogens is 398 g/mol. The van der Waals surface area contributed by atoms with E-state index in [2.05, 4.69) is 22.0 Å². The minimum Gasteiger partial charge on any atom is -0.493 e. The number of halogens is 1. The number of hydrogen-bond acceptors (Lipinski definition) is 5. The van der Waals surface area contributed by atoms with Crippen molar-refractivity contribution >= 4 is 26.9 Å². The second kappa shape index (κ2) is 6.43. The Kier molecular flexibility index (Phi) is 4.09. The first-order chi connectivity index (χ1) is 12.7. The van der Waals surface area contributed by atoms with Crippen LogP contribution in [0.3, 0.4) is 0 Å². The molecule has 1 aliphatic rings. The van der Waals surface area contributed by atoms with Gasteiger partial charge in [0.25, 0.3) is 0 Å². The third-order valence-electron chi connectivity index (χ3n) is 4.46. The monoisotopic (exact) mass is 411 g/mol. The van der Waals surface area contributed by atoms with Crippen LogP contribution in [0.2, 0.25) is 0 Å². The van der Waals surface area contributed by atoms with Gasteiger partial charge in [-0.25, -0.2) is 0 Å². The summed E-state index contributed by atoms with van der Waals surface area (Å²) in [6.45, 7) is 0. The molecule has 6 heteroatoms. The number of hydrogen-bond donors (Lipinski definition) is 0. The molecule has 0 spiro atoms. The lowest BCUT2D eigenvalue weighted by molar-refractivity contribution is 0.352. The Morgan fingerprint density at radius 2 is 2.00 bits per heavy atom. The fourth-order valence-electron chi connectivity index (χ4n) is 3.31. The van der Waals surface area contributed by atoms with Crippen LogP contribution in [0, 0.1) is 11.3 Å². The van der Waals surface area contributed by atoms with Crippen molar-refractivity contribution < 1.29 is 18.6 Å². The molecule has 0 aliphatic carbocycles. The van der Waals surface area contributed by atoms with Crippen molar-refractivity contribution in [1.29, 1.82) is 5.26 Å². The van der Waals surface area contributed by atoms with E-state index in [1.807, 2.05) is 30.3 Å². The molecule has 0 bridgehead atoms. The van der Waals surface area contributed by atoms with E-state index < -0.39 is 0 Å². The summed E-state index contributed by atoms with van der Waals surface area (Å²) in [7, 11) is 3.17. The highest BCUT2D eigenvalue weighted by molar-refractivity contribution is 9.10. The van der Waals surface area contributed by atoms with Gasteiger partial charge in [0.2, 0.25) is 0 Å². The fourth-order valence-corrected chi connectivity index (χ4v) is 3.93. The Morgan fingerprint density at radius 1 is 1.15 bits per heavy atom. The first-order valence-electron chi connectivity index (χ1n) is 7.86. The Morgan fingerprint density at radius 3 is 2.73 bits per heavy atom. The lowest BCUT2D eigenvalue weighted by Crippen LogP contribution is -2.12. The summed E-state index contributed by atoms with van der Waals surface area (Å²) in [5.41, 5.74) is 3.05. The van der Waals surface area contributed by atoms with Gasteiger partial charge in [0.15, 0.2) is 11.5 Å². The summed E-state index contributed by atoms with van der Waals surface area (Å²) in [6, 6.07) is 11.7. The number of methoxy groups -OCH3 is 2. The molecule has 5 nitrogen and oxygen atoms in total. The number of nitriles is 1. The Labute approximate surface area is 158 Å². The second-order valence-electron chi connectivity index (χ2n) is 5.79. The number of fused-ring (bicyclic) bond motifs is 3. The molecule has 2 aromatic carbocycles. The van der Waals surface area contributed by atoms with Gasteiger partial charge in [0.1, 0.15) is 17.6 Å². The SMILES string of the molecule is COc1cc(C2C(C#N)=COc3c2ccc2occc32)cc(Br)c1OC. The smallest absolute Gasteiger partial charge is 0.174 e. The molecule has 2 heterocycles. The summed E-state index contributed by atoms with van der Waals surface area (Å²) in [5, 5.41) is 10.5. The lowest BCUT2D eigenvalue weighted by Gasteiger charge is -2.25. The molecule has 1 aromatic heterocycles. The largest absolute Gasteiger partial charge is 0.493 e. The minimum atomic E-state index is -0.279. The predicted octanol–water partition coefficient (Wildman–Crippen LogP) is 5.14. The average molecular weight is 412 g/mol. The zero-order chi connectivity index (χ0) is 18.3. The van der Waals surface area contributed by atoms with Crippen molar-refractivity contribution in [3.63, 3.8) is 0 Å².